The SMILES string of the molecule is c1ccc(N(c2ccccc2)c2cccc3c2oc2cccc(N(c4ccc(-c5ccc6ccccc6c5)cc4)c4ccc5c(c4)sc4ccccc45)c23)cc1. The van der Waals surface area contributed by atoms with Gasteiger partial charge in [0.05, 0.1) is 16.8 Å². The summed E-state index contributed by atoms with van der Waals surface area (Å²) in [4.78, 5) is 4.67. The van der Waals surface area contributed by atoms with E-state index in [9.17, 15) is 0 Å². The van der Waals surface area contributed by atoms with E-state index in [2.05, 4.69) is 216 Å². The molecule has 0 bridgehead atoms. The summed E-state index contributed by atoms with van der Waals surface area (Å²) in [5, 5.41) is 7.19. The lowest BCUT2D eigenvalue weighted by molar-refractivity contribution is 0.669. The monoisotopic (exact) mass is 734 g/mol. The van der Waals surface area contributed by atoms with Crippen molar-refractivity contribution in [2.75, 3.05) is 9.80 Å². The molecule has 3 nitrogen and oxygen atoms in total. The molecule has 0 unspecified atom stereocenters. The number of thiophene rings is 1. The fraction of sp³-hybridized carbons (Fsp3) is 0. The maximum atomic E-state index is 6.93. The van der Waals surface area contributed by atoms with Gasteiger partial charge in [-0.1, -0.05) is 127 Å². The molecular weight excluding hydrogens is 701 g/mol. The Labute approximate surface area is 328 Å². The number of hydrogen-bond acceptors (Lipinski definition) is 4. The van der Waals surface area contributed by atoms with Crippen molar-refractivity contribution in [1.82, 2.24) is 0 Å². The van der Waals surface area contributed by atoms with Crippen LogP contribution in [0.25, 0.3) is 64.0 Å². The average Bonchev–Trinajstić information content (AvgIpc) is 3.84. The van der Waals surface area contributed by atoms with Crippen molar-refractivity contribution in [2.24, 2.45) is 0 Å². The van der Waals surface area contributed by atoms with E-state index in [-0.39, 0.29) is 0 Å². The van der Waals surface area contributed by atoms with Crippen molar-refractivity contribution in [3.8, 4) is 11.1 Å². The van der Waals surface area contributed by atoms with Crippen molar-refractivity contribution in [3.63, 3.8) is 0 Å². The molecule has 11 rings (SSSR count). The number of para-hydroxylation sites is 3. The molecule has 0 radical (unpaired) electrons. The minimum absolute atomic E-state index is 0.840. The Balaban J connectivity index is 1.11. The van der Waals surface area contributed by atoms with Crippen LogP contribution in [0, 0.1) is 0 Å². The van der Waals surface area contributed by atoms with Gasteiger partial charge >= 0.3 is 0 Å². The van der Waals surface area contributed by atoms with Gasteiger partial charge in [0, 0.05) is 48.3 Å². The summed E-state index contributed by atoms with van der Waals surface area (Å²) in [5.41, 5.74) is 10.4. The second-order valence-corrected chi connectivity index (χ2v) is 15.2. The van der Waals surface area contributed by atoms with Gasteiger partial charge in [-0.05, 0) is 101 Å². The third-order valence-electron chi connectivity index (χ3n) is 10.8. The number of furan rings is 1. The zero-order valence-corrected chi connectivity index (χ0v) is 31.2. The number of anilines is 6. The standard InChI is InChI=1S/C52H34N2OS/c1-3-15-39(16-4-1)53(40-17-5-2-6-18-40)47-22-11-20-45-51-46(21-12-23-48(51)55-52(45)47)54(42-31-32-44-43-19-9-10-24-49(43)56-50(44)34-42)41-29-27-36(28-30-41)38-26-25-35-13-7-8-14-37(35)33-38/h1-34H. The Morgan fingerprint density at radius 1 is 0.357 bits per heavy atom. The zero-order chi connectivity index (χ0) is 37.0. The molecule has 56 heavy (non-hydrogen) atoms. The van der Waals surface area contributed by atoms with Crippen LogP contribution in [0.2, 0.25) is 0 Å². The molecule has 0 saturated heterocycles. The molecule has 264 valence electrons. The molecule has 0 spiro atoms. The van der Waals surface area contributed by atoms with Gasteiger partial charge in [0.1, 0.15) is 5.58 Å². The van der Waals surface area contributed by atoms with Gasteiger partial charge in [0.15, 0.2) is 5.58 Å². The molecular formula is C52H34N2OS. The van der Waals surface area contributed by atoms with Crippen LogP contribution >= 0.6 is 11.3 Å². The summed E-state index contributed by atoms with van der Waals surface area (Å²) in [5.74, 6) is 0. The van der Waals surface area contributed by atoms with Gasteiger partial charge in [-0.15, -0.1) is 11.3 Å². The number of hydrogen-bond donors (Lipinski definition) is 0. The summed E-state index contributed by atoms with van der Waals surface area (Å²) in [7, 11) is 0. The highest BCUT2D eigenvalue weighted by Crippen LogP contribution is 2.48. The molecule has 0 aliphatic heterocycles. The summed E-state index contributed by atoms with van der Waals surface area (Å²) >= 11 is 1.84. The quantitative estimate of drug-likeness (QED) is 0.163. The molecule has 0 atom stereocenters. The number of fused-ring (bicyclic) bond motifs is 7. The molecule has 0 saturated carbocycles. The average molecular weight is 735 g/mol. The molecule has 0 aliphatic rings. The van der Waals surface area contributed by atoms with Crippen LogP contribution in [0.15, 0.2) is 211 Å². The maximum absolute atomic E-state index is 6.93. The fourth-order valence-corrected chi connectivity index (χ4v) is 9.35. The first kappa shape index (κ1) is 32.3. The molecule has 0 fully saturated rings. The Morgan fingerprint density at radius 3 is 1.75 bits per heavy atom. The summed E-state index contributed by atoms with van der Waals surface area (Å²) in [6.07, 6.45) is 0. The van der Waals surface area contributed by atoms with Crippen molar-refractivity contribution < 1.29 is 4.42 Å². The third-order valence-corrected chi connectivity index (χ3v) is 12.0. The molecule has 0 aliphatic carbocycles. The van der Waals surface area contributed by atoms with Crippen LogP contribution in [-0.4, -0.2) is 0 Å². The van der Waals surface area contributed by atoms with E-state index in [1.54, 1.807) is 0 Å². The predicted octanol–water partition coefficient (Wildman–Crippen LogP) is 15.7. The molecule has 0 amide bonds. The highest BCUT2D eigenvalue weighted by atomic mass is 32.1. The molecule has 9 aromatic carbocycles. The van der Waals surface area contributed by atoms with Crippen molar-refractivity contribution in [1.29, 1.82) is 0 Å². The molecule has 0 N–H and O–H groups in total. The Hall–Kier alpha value is -7.14. The smallest absolute Gasteiger partial charge is 0.159 e. The van der Waals surface area contributed by atoms with Crippen LogP contribution < -0.4 is 9.80 Å². The third kappa shape index (κ3) is 5.42. The van der Waals surface area contributed by atoms with E-state index in [0.29, 0.717) is 0 Å². The van der Waals surface area contributed by atoms with Crippen LogP contribution in [-0.2, 0) is 0 Å². The lowest BCUT2D eigenvalue weighted by atomic mass is 10.0. The van der Waals surface area contributed by atoms with Crippen LogP contribution in [0.5, 0.6) is 0 Å². The topological polar surface area (TPSA) is 19.6 Å². The highest BCUT2D eigenvalue weighted by Gasteiger charge is 2.24. The normalized spacial score (nSPS) is 11.6. The van der Waals surface area contributed by atoms with E-state index in [1.807, 2.05) is 11.3 Å². The van der Waals surface area contributed by atoms with E-state index in [0.717, 1.165) is 56.1 Å². The first-order valence-electron chi connectivity index (χ1n) is 18.9. The lowest BCUT2D eigenvalue weighted by Gasteiger charge is -2.27. The Morgan fingerprint density at radius 2 is 0.946 bits per heavy atom. The summed E-state index contributed by atoms with van der Waals surface area (Å²) in [6.45, 7) is 0. The molecule has 4 heteroatoms. The Bertz CT molecular complexity index is 3160. The second kappa shape index (κ2) is 13.3. The Kier molecular flexibility index (Phi) is 7.68. The van der Waals surface area contributed by atoms with Crippen LogP contribution in [0.4, 0.5) is 34.1 Å². The van der Waals surface area contributed by atoms with E-state index in [4.69, 9.17) is 4.42 Å². The van der Waals surface area contributed by atoms with Gasteiger partial charge in [-0.25, -0.2) is 0 Å². The maximum Gasteiger partial charge on any atom is 0.159 e. The van der Waals surface area contributed by atoms with Gasteiger partial charge in [-0.2, -0.15) is 0 Å². The van der Waals surface area contributed by atoms with Gasteiger partial charge in [0.25, 0.3) is 0 Å². The predicted molar refractivity (Wildman–Crippen MR) is 239 cm³/mol. The lowest BCUT2D eigenvalue weighted by Crippen LogP contribution is -2.10. The molecule has 2 heterocycles. The van der Waals surface area contributed by atoms with Gasteiger partial charge in [0.2, 0.25) is 0 Å². The number of nitrogens with zero attached hydrogens (tertiary/aromatic N) is 2. The van der Waals surface area contributed by atoms with Crippen molar-refractivity contribution in [3.05, 3.63) is 206 Å². The minimum Gasteiger partial charge on any atom is -0.454 e. The van der Waals surface area contributed by atoms with E-state index in [1.165, 1.54) is 42.1 Å². The van der Waals surface area contributed by atoms with Crippen LogP contribution in [0.3, 0.4) is 0 Å². The van der Waals surface area contributed by atoms with Gasteiger partial charge in [-0.3, -0.25) is 0 Å². The largest absolute Gasteiger partial charge is 0.454 e. The first-order chi connectivity index (χ1) is 27.8. The summed E-state index contributed by atoms with van der Waals surface area (Å²) < 4.78 is 9.48. The van der Waals surface area contributed by atoms with E-state index >= 15 is 0 Å². The number of benzene rings is 9. The van der Waals surface area contributed by atoms with Crippen molar-refractivity contribution in [2.45, 2.75) is 0 Å². The van der Waals surface area contributed by atoms with E-state index < -0.39 is 0 Å². The minimum atomic E-state index is 0.840. The van der Waals surface area contributed by atoms with Gasteiger partial charge < -0.3 is 14.2 Å². The number of rotatable bonds is 7. The molecule has 2 aromatic heterocycles. The fourth-order valence-electron chi connectivity index (χ4n) is 8.21. The highest BCUT2D eigenvalue weighted by molar-refractivity contribution is 7.25. The zero-order valence-electron chi connectivity index (χ0n) is 30.3. The first-order valence-corrected chi connectivity index (χ1v) is 19.7. The second-order valence-electron chi connectivity index (χ2n) is 14.1. The van der Waals surface area contributed by atoms with Crippen LogP contribution in [0.1, 0.15) is 0 Å². The van der Waals surface area contributed by atoms with Crippen molar-refractivity contribution >= 4 is 98.3 Å². The molecule has 11 aromatic rings. The summed E-state index contributed by atoms with van der Waals surface area (Å²) in [6, 6.07) is 73.7.